The number of nitrogens with zero attached hydrogens (tertiary/aromatic N) is 2. The number of pyridine rings is 1. The van der Waals surface area contributed by atoms with Gasteiger partial charge in [0, 0.05) is 38.4 Å². The van der Waals surface area contributed by atoms with Crippen LogP contribution in [0.5, 0.6) is 0 Å². The second kappa shape index (κ2) is 6.68. The zero-order valence-corrected chi connectivity index (χ0v) is 11.4. The van der Waals surface area contributed by atoms with Gasteiger partial charge < -0.3 is 19.9 Å². The van der Waals surface area contributed by atoms with Gasteiger partial charge in [0.15, 0.2) is 0 Å². The second-order valence-electron chi connectivity index (χ2n) is 5.14. The van der Waals surface area contributed by atoms with Crippen LogP contribution in [0.4, 0.5) is 0 Å². The fraction of sp³-hybridized carbons (Fsp3) is 0.615. The molecule has 0 aliphatic rings. The van der Waals surface area contributed by atoms with E-state index in [9.17, 15) is 9.90 Å². The summed E-state index contributed by atoms with van der Waals surface area (Å²) >= 11 is 0. The first-order chi connectivity index (χ1) is 8.41. The normalized spacial score (nSPS) is 14.7. The van der Waals surface area contributed by atoms with Crippen LogP contribution in [0.2, 0.25) is 0 Å². The van der Waals surface area contributed by atoms with Gasteiger partial charge in [-0.3, -0.25) is 4.79 Å². The summed E-state index contributed by atoms with van der Waals surface area (Å²) in [5.41, 5.74) is -0.759. The van der Waals surface area contributed by atoms with Gasteiger partial charge in [0.05, 0.1) is 5.60 Å². The highest BCUT2D eigenvalue weighted by Gasteiger charge is 2.20. The first-order valence-electron chi connectivity index (χ1n) is 6.14. The Balaban J connectivity index is 2.31. The molecular weight excluding hydrogens is 230 g/mol. The lowest BCUT2D eigenvalue weighted by molar-refractivity contribution is 0.0338. The summed E-state index contributed by atoms with van der Waals surface area (Å²) < 4.78 is 1.65. The lowest BCUT2D eigenvalue weighted by Gasteiger charge is -2.27. The molecule has 0 aromatic carbocycles. The summed E-state index contributed by atoms with van der Waals surface area (Å²) in [5, 5.41) is 13.2. The Kier molecular flexibility index (Phi) is 5.53. The fourth-order valence-corrected chi connectivity index (χ4v) is 1.94. The monoisotopic (exact) mass is 253 g/mol. The third-order valence-corrected chi connectivity index (χ3v) is 2.59. The molecule has 0 spiro atoms. The minimum Gasteiger partial charge on any atom is -0.388 e. The molecule has 0 fully saturated rings. The Labute approximate surface area is 108 Å². The average molecular weight is 253 g/mol. The molecule has 0 bridgehead atoms. The number of likely N-dealkylation sites (N-methyl/N-ethyl adjacent to an activating group) is 1. The third-order valence-electron chi connectivity index (χ3n) is 2.59. The van der Waals surface area contributed by atoms with Crippen molar-refractivity contribution in [2.24, 2.45) is 0 Å². The Morgan fingerprint density at radius 1 is 1.44 bits per heavy atom. The quantitative estimate of drug-likeness (QED) is 0.658. The average Bonchev–Trinajstić information content (AvgIpc) is 2.25. The van der Waals surface area contributed by atoms with E-state index in [-0.39, 0.29) is 5.56 Å². The number of nitrogens with one attached hydrogen (secondary N) is 1. The first-order valence-corrected chi connectivity index (χ1v) is 6.14. The highest BCUT2D eigenvalue weighted by molar-refractivity contribution is 4.93. The fourth-order valence-electron chi connectivity index (χ4n) is 1.94. The molecule has 1 aromatic rings. The summed E-state index contributed by atoms with van der Waals surface area (Å²) in [6.45, 7) is 4.18. The van der Waals surface area contributed by atoms with E-state index in [0.29, 0.717) is 26.2 Å². The molecule has 0 radical (unpaired) electrons. The number of hydrogen-bond acceptors (Lipinski definition) is 4. The molecular formula is C13H23N3O2. The van der Waals surface area contributed by atoms with Crippen LogP contribution in [0.3, 0.4) is 0 Å². The summed E-state index contributed by atoms with van der Waals surface area (Å²) in [7, 11) is 3.86. The van der Waals surface area contributed by atoms with Crippen LogP contribution in [0.25, 0.3) is 0 Å². The van der Waals surface area contributed by atoms with Gasteiger partial charge in [-0.05, 0) is 27.1 Å². The largest absolute Gasteiger partial charge is 0.388 e. The number of rotatable bonds is 7. The van der Waals surface area contributed by atoms with Gasteiger partial charge in [0.2, 0.25) is 0 Å². The van der Waals surface area contributed by atoms with Gasteiger partial charge >= 0.3 is 0 Å². The van der Waals surface area contributed by atoms with E-state index in [1.807, 2.05) is 25.1 Å². The lowest BCUT2D eigenvalue weighted by Crippen LogP contribution is -2.46. The number of hydrogen-bond donors (Lipinski definition) is 2. The van der Waals surface area contributed by atoms with Crippen LogP contribution in [-0.2, 0) is 6.54 Å². The van der Waals surface area contributed by atoms with Crippen molar-refractivity contribution in [2.75, 3.05) is 33.7 Å². The molecule has 1 aromatic heterocycles. The maximum absolute atomic E-state index is 11.4. The molecule has 0 saturated carbocycles. The minimum absolute atomic E-state index is 0.000600. The van der Waals surface area contributed by atoms with E-state index in [0.717, 1.165) is 0 Å². The number of aliphatic hydroxyl groups is 1. The van der Waals surface area contributed by atoms with Crippen molar-refractivity contribution in [3.63, 3.8) is 0 Å². The predicted molar refractivity (Wildman–Crippen MR) is 72.7 cm³/mol. The molecule has 102 valence electrons. The SMILES string of the molecule is CN(C)CC(C)(O)CNCCn1ccccc1=O. The maximum Gasteiger partial charge on any atom is 0.250 e. The van der Waals surface area contributed by atoms with Crippen molar-refractivity contribution in [1.29, 1.82) is 0 Å². The zero-order valence-electron chi connectivity index (χ0n) is 11.4. The van der Waals surface area contributed by atoms with Crippen LogP contribution in [0, 0.1) is 0 Å². The molecule has 1 unspecified atom stereocenters. The van der Waals surface area contributed by atoms with Crippen LogP contribution in [-0.4, -0.2) is 53.9 Å². The lowest BCUT2D eigenvalue weighted by atomic mass is 10.1. The molecule has 18 heavy (non-hydrogen) atoms. The van der Waals surface area contributed by atoms with E-state index in [1.165, 1.54) is 0 Å². The summed E-state index contributed by atoms with van der Waals surface area (Å²) in [5.74, 6) is 0. The van der Waals surface area contributed by atoms with Crippen molar-refractivity contribution in [1.82, 2.24) is 14.8 Å². The molecule has 0 aliphatic carbocycles. The Bertz CT molecular complexity index is 413. The highest BCUT2D eigenvalue weighted by Crippen LogP contribution is 2.02. The van der Waals surface area contributed by atoms with Gasteiger partial charge in [0.25, 0.3) is 5.56 Å². The summed E-state index contributed by atoms with van der Waals surface area (Å²) in [6, 6.07) is 5.11. The third kappa shape index (κ3) is 5.44. The van der Waals surface area contributed by atoms with Crippen molar-refractivity contribution < 1.29 is 5.11 Å². The van der Waals surface area contributed by atoms with Crippen molar-refractivity contribution in [3.8, 4) is 0 Å². The van der Waals surface area contributed by atoms with E-state index in [4.69, 9.17) is 0 Å². The standard InChI is InChI=1S/C13H23N3O2/c1-13(18,11-15(2)3)10-14-7-9-16-8-5-4-6-12(16)17/h4-6,8,14,18H,7,9-11H2,1-3H3. The minimum atomic E-state index is -0.759. The van der Waals surface area contributed by atoms with Gasteiger partial charge in [-0.1, -0.05) is 6.07 Å². The molecule has 0 aliphatic heterocycles. The van der Waals surface area contributed by atoms with Crippen molar-refractivity contribution >= 4 is 0 Å². The van der Waals surface area contributed by atoms with Crippen LogP contribution >= 0.6 is 0 Å². The van der Waals surface area contributed by atoms with E-state index in [2.05, 4.69) is 5.32 Å². The highest BCUT2D eigenvalue weighted by atomic mass is 16.3. The molecule has 1 atom stereocenters. The Morgan fingerprint density at radius 2 is 2.17 bits per heavy atom. The topological polar surface area (TPSA) is 57.5 Å². The van der Waals surface area contributed by atoms with E-state index >= 15 is 0 Å². The maximum atomic E-state index is 11.4. The van der Waals surface area contributed by atoms with Gasteiger partial charge in [-0.25, -0.2) is 0 Å². The zero-order chi connectivity index (χ0) is 13.6. The first kappa shape index (κ1) is 14.9. The Morgan fingerprint density at radius 3 is 2.78 bits per heavy atom. The van der Waals surface area contributed by atoms with Crippen LogP contribution in [0.15, 0.2) is 29.2 Å². The van der Waals surface area contributed by atoms with Crippen molar-refractivity contribution in [2.45, 2.75) is 19.1 Å². The van der Waals surface area contributed by atoms with Crippen molar-refractivity contribution in [3.05, 3.63) is 34.7 Å². The van der Waals surface area contributed by atoms with E-state index in [1.54, 1.807) is 29.8 Å². The smallest absolute Gasteiger partial charge is 0.250 e. The molecule has 1 rings (SSSR count). The Hall–Kier alpha value is -1.17. The molecule has 5 heteroatoms. The molecule has 1 heterocycles. The van der Waals surface area contributed by atoms with E-state index < -0.39 is 5.60 Å². The predicted octanol–water partition coefficient (Wildman–Crippen LogP) is -0.249. The van der Waals surface area contributed by atoms with Crippen LogP contribution < -0.4 is 10.9 Å². The van der Waals surface area contributed by atoms with Gasteiger partial charge in [0.1, 0.15) is 0 Å². The van der Waals surface area contributed by atoms with Gasteiger partial charge in [-0.15, -0.1) is 0 Å². The molecule has 5 nitrogen and oxygen atoms in total. The van der Waals surface area contributed by atoms with Crippen LogP contribution in [0.1, 0.15) is 6.92 Å². The molecule has 0 amide bonds. The van der Waals surface area contributed by atoms with Gasteiger partial charge in [-0.2, -0.15) is 0 Å². The molecule has 0 saturated heterocycles. The second-order valence-corrected chi connectivity index (χ2v) is 5.14. The molecule has 2 N–H and O–H groups in total. The number of aromatic nitrogens is 1. The summed E-state index contributed by atoms with van der Waals surface area (Å²) in [6.07, 6.45) is 1.77. The summed E-state index contributed by atoms with van der Waals surface area (Å²) in [4.78, 5) is 13.4.